The molecule has 20 heavy (non-hydrogen) atoms. The van der Waals surface area contributed by atoms with Gasteiger partial charge in [-0.25, -0.2) is 5.48 Å². The zero-order valence-electron chi connectivity index (χ0n) is 10.8. The molecule has 1 unspecified atom stereocenters. The third-order valence-electron chi connectivity index (χ3n) is 2.62. The van der Waals surface area contributed by atoms with Crippen LogP contribution in [0.15, 0.2) is 24.4 Å². The molecule has 0 radical (unpaired) electrons. The molecule has 1 atom stereocenters. The van der Waals surface area contributed by atoms with E-state index >= 15 is 0 Å². The first-order valence-electron chi connectivity index (χ1n) is 5.76. The van der Waals surface area contributed by atoms with Crippen LogP contribution in [0.3, 0.4) is 0 Å². The van der Waals surface area contributed by atoms with E-state index in [1.54, 1.807) is 25.3 Å². The molecule has 0 saturated heterocycles. The van der Waals surface area contributed by atoms with Crippen LogP contribution in [0.25, 0.3) is 10.9 Å². The first-order chi connectivity index (χ1) is 9.54. The highest BCUT2D eigenvalue weighted by atomic mass is 127. The van der Waals surface area contributed by atoms with Crippen molar-refractivity contribution in [2.45, 2.75) is 13.0 Å². The third-order valence-corrected chi connectivity index (χ3v) is 3.73. The summed E-state index contributed by atoms with van der Waals surface area (Å²) >= 11 is 8.28. The molecule has 0 saturated carbocycles. The fourth-order valence-corrected chi connectivity index (χ4v) is 2.81. The largest absolute Gasteiger partial charge is 0.477 e. The van der Waals surface area contributed by atoms with Crippen LogP contribution in [0.5, 0.6) is 5.75 Å². The van der Waals surface area contributed by atoms with E-state index in [-0.39, 0.29) is 5.91 Å². The lowest BCUT2D eigenvalue weighted by Gasteiger charge is -2.16. The average molecular weight is 407 g/mol. The van der Waals surface area contributed by atoms with Gasteiger partial charge in [0.15, 0.2) is 11.9 Å². The van der Waals surface area contributed by atoms with Crippen molar-refractivity contribution in [2.24, 2.45) is 0 Å². The van der Waals surface area contributed by atoms with Gasteiger partial charge in [-0.05, 0) is 47.7 Å². The predicted octanol–water partition coefficient (Wildman–Crippen LogP) is 2.94. The van der Waals surface area contributed by atoms with E-state index in [2.05, 4.69) is 37.9 Å². The zero-order valence-corrected chi connectivity index (χ0v) is 13.7. The number of ether oxygens (including phenoxy) is 1. The molecule has 1 heterocycles. The van der Waals surface area contributed by atoms with Crippen LogP contribution in [0, 0.1) is 3.57 Å². The Kier molecular flexibility index (Phi) is 5.00. The van der Waals surface area contributed by atoms with Crippen molar-refractivity contribution in [1.29, 1.82) is 0 Å². The topological polar surface area (TPSA) is 60.5 Å². The Morgan fingerprint density at radius 2 is 2.30 bits per heavy atom. The molecule has 5 nitrogen and oxygen atoms in total. The number of rotatable bonds is 4. The van der Waals surface area contributed by atoms with E-state index in [4.69, 9.17) is 16.3 Å². The maximum absolute atomic E-state index is 11.7. The van der Waals surface area contributed by atoms with Crippen LogP contribution in [-0.2, 0) is 9.63 Å². The number of fused-ring (bicyclic) bond motifs is 1. The molecule has 1 aromatic carbocycles. The van der Waals surface area contributed by atoms with Crippen molar-refractivity contribution in [1.82, 2.24) is 10.5 Å². The lowest BCUT2D eigenvalue weighted by molar-refractivity contribution is -0.137. The van der Waals surface area contributed by atoms with E-state index in [1.807, 2.05) is 6.07 Å². The van der Waals surface area contributed by atoms with Gasteiger partial charge in [-0.1, -0.05) is 11.6 Å². The smallest absolute Gasteiger partial charge is 0.284 e. The summed E-state index contributed by atoms with van der Waals surface area (Å²) in [5, 5.41) is 1.38. The van der Waals surface area contributed by atoms with E-state index in [1.165, 1.54) is 7.11 Å². The summed E-state index contributed by atoms with van der Waals surface area (Å²) in [4.78, 5) is 20.5. The van der Waals surface area contributed by atoms with Crippen LogP contribution in [0.2, 0.25) is 5.02 Å². The third kappa shape index (κ3) is 3.13. The number of aromatic nitrogens is 1. The summed E-state index contributed by atoms with van der Waals surface area (Å²) < 4.78 is 6.49. The van der Waals surface area contributed by atoms with Crippen LogP contribution in [0.4, 0.5) is 0 Å². The number of halogens is 2. The van der Waals surface area contributed by atoms with E-state index < -0.39 is 6.10 Å². The maximum atomic E-state index is 11.7. The summed E-state index contributed by atoms with van der Waals surface area (Å²) in [7, 11) is 1.37. The summed E-state index contributed by atoms with van der Waals surface area (Å²) in [6.45, 7) is 1.63. The number of nitrogens with zero attached hydrogens (tertiary/aromatic N) is 1. The fraction of sp³-hybridized carbons (Fsp3) is 0.231. The Morgan fingerprint density at radius 1 is 1.55 bits per heavy atom. The fourth-order valence-electron chi connectivity index (χ4n) is 1.67. The molecule has 1 aromatic heterocycles. The monoisotopic (exact) mass is 406 g/mol. The lowest BCUT2D eigenvalue weighted by Crippen LogP contribution is -2.35. The Balaban J connectivity index is 2.41. The molecule has 1 N–H and O–H groups in total. The number of benzene rings is 1. The molecule has 106 valence electrons. The second kappa shape index (κ2) is 6.55. The van der Waals surface area contributed by atoms with Crippen LogP contribution in [-0.4, -0.2) is 24.1 Å². The van der Waals surface area contributed by atoms with Crippen molar-refractivity contribution in [3.63, 3.8) is 0 Å². The normalized spacial score (nSPS) is 12.2. The summed E-state index contributed by atoms with van der Waals surface area (Å²) in [5.41, 5.74) is 2.86. The molecular formula is C13H12ClIN2O3. The number of hydrogen-bond acceptors (Lipinski definition) is 4. The molecule has 0 spiro atoms. The minimum absolute atomic E-state index is 0.373. The van der Waals surface area contributed by atoms with Crippen LogP contribution >= 0.6 is 34.2 Å². The average Bonchev–Trinajstić information content (AvgIpc) is 2.43. The Labute approximate surface area is 134 Å². The van der Waals surface area contributed by atoms with Crippen LogP contribution < -0.4 is 10.2 Å². The Morgan fingerprint density at radius 3 is 3.00 bits per heavy atom. The highest BCUT2D eigenvalue weighted by Gasteiger charge is 2.19. The molecule has 2 rings (SSSR count). The number of hydrogen-bond donors (Lipinski definition) is 1. The Bertz CT molecular complexity index is 651. The van der Waals surface area contributed by atoms with Gasteiger partial charge in [0, 0.05) is 11.6 Å². The summed E-state index contributed by atoms with van der Waals surface area (Å²) in [5.74, 6) is 0.159. The number of amides is 1. The minimum atomic E-state index is -0.713. The maximum Gasteiger partial charge on any atom is 0.284 e. The van der Waals surface area contributed by atoms with E-state index in [0.717, 1.165) is 8.96 Å². The molecule has 0 fully saturated rings. The van der Waals surface area contributed by atoms with Crippen molar-refractivity contribution in [3.05, 3.63) is 33.0 Å². The standard InChI is InChI=1S/C13H12ClIN2O3/c1-7(13(18)17-19-2)20-12-10(15)6-9(14)8-4-3-5-16-11(8)12/h3-7H,1-2H3,(H,17,18). The van der Waals surface area contributed by atoms with Gasteiger partial charge in [0.05, 0.1) is 15.7 Å². The van der Waals surface area contributed by atoms with E-state index in [9.17, 15) is 4.79 Å². The molecule has 0 aliphatic rings. The van der Waals surface area contributed by atoms with Gasteiger partial charge < -0.3 is 4.74 Å². The molecule has 1 amide bonds. The highest BCUT2D eigenvalue weighted by molar-refractivity contribution is 14.1. The van der Waals surface area contributed by atoms with Crippen molar-refractivity contribution in [2.75, 3.05) is 7.11 Å². The van der Waals surface area contributed by atoms with Gasteiger partial charge in [0.25, 0.3) is 5.91 Å². The number of pyridine rings is 1. The van der Waals surface area contributed by atoms with Gasteiger partial charge in [-0.2, -0.15) is 0 Å². The second-order valence-corrected chi connectivity index (χ2v) is 5.57. The predicted molar refractivity (Wildman–Crippen MR) is 84.7 cm³/mol. The molecule has 7 heteroatoms. The lowest BCUT2D eigenvalue weighted by atomic mass is 10.2. The zero-order chi connectivity index (χ0) is 14.7. The first kappa shape index (κ1) is 15.3. The molecule has 0 aliphatic heterocycles. The molecule has 2 aromatic rings. The van der Waals surface area contributed by atoms with E-state index in [0.29, 0.717) is 16.3 Å². The number of nitrogens with one attached hydrogen (secondary N) is 1. The van der Waals surface area contributed by atoms with Crippen LogP contribution in [0.1, 0.15) is 6.92 Å². The quantitative estimate of drug-likeness (QED) is 0.626. The molecule has 0 aliphatic carbocycles. The molecule has 0 bridgehead atoms. The number of carbonyl (C=O) groups is 1. The highest BCUT2D eigenvalue weighted by Crippen LogP contribution is 2.35. The van der Waals surface area contributed by atoms with Gasteiger partial charge in [-0.3, -0.25) is 14.6 Å². The van der Waals surface area contributed by atoms with Crippen molar-refractivity contribution >= 4 is 51.0 Å². The number of carbonyl (C=O) groups excluding carboxylic acids is 1. The minimum Gasteiger partial charge on any atom is -0.477 e. The SMILES string of the molecule is CONC(=O)C(C)Oc1c(I)cc(Cl)c2cccnc12. The summed E-state index contributed by atoms with van der Waals surface area (Å²) in [6.07, 6.45) is 0.941. The Hall–Kier alpha value is -1.12. The first-order valence-corrected chi connectivity index (χ1v) is 7.22. The summed E-state index contributed by atoms with van der Waals surface area (Å²) in [6, 6.07) is 5.43. The second-order valence-electron chi connectivity index (χ2n) is 4.00. The van der Waals surface area contributed by atoms with Gasteiger partial charge >= 0.3 is 0 Å². The van der Waals surface area contributed by atoms with Gasteiger partial charge in [0.1, 0.15) is 5.52 Å². The molecular weight excluding hydrogens is 395 g/mol. The van der Waals surface area contributed by atoms with Gasteiger partial charge in [-0.15, -0.1) is 0 Å². The van der Waals surface area contributed by atoms with Gasteiger partial charge in [0.2, 0.25) is 0 Å². The van der Waals surface area contributed by atoms with Crippen molar-refractivity contribution in [3.8, 4) is 5.75 Å². The van der Waals surface area contributed by atoms with Crippen molar-refractivity contribution < 1.29 is 14.4 Å². The number of hydroxylamine groups is 1.